The Morgan fingerprint density at radius 3 is 1.92 bits per heavy atom. The van der Waals surface area contributed by atoms with Gasteiger partial charge in [-0.25, -0.2) is 4.39 Å². The number of hydrogen-bond donors (Lipinski definition) is 2. The lowest BCUT2D eigenvalue weighted by molar-refractivity contribution is -0.118. The summed E-state index contributed by atoms with van der Waals surface area (Å²) in [6.45, 7) is 1.98. The molecular weight excluding hydrogens is 331 g/mol. The molecular formula is C20H19FN4O. The van der Waals surface area contributed by atoms with E-state index in [9.17, 15) is 9.18 Å². The smallest absolute Gasteiger partial charge is 0.268 e. The predicted octanol–water partition coefficient (Wildman–Crippen LogP) is 3.07. The summed E-state index contributed by atoms with van der Waals surface area (Å²) in [6, 6.07) is 17.9. The highest BCUT2D eigenvalue weighted by molar-refractivity contribution is 5.92. The van der Waals surface area contributed by atoms with Gasteiger partial charge in [0, 0.05) is 11.4 Å². The lowest BCUT2D eigenvalue weighted by Crippen LogP contribution is -2.25. The van der Waals surface area contributed by atoms with Crippen LogP contribution in [0.4, 0.5) is 4.39 Å². The minimum Gasteiger partial charge on any atom is -0.370 e. The second-order valence-corrected chi connectivity index (χ2v) is 5.99. The lowest BCUT2D eigenvalue weighted by atomic mass is 10.1. The van der Waals surface area contributed by atoms with E-state index >= 15 is 0 Å². The second-order valence-electron chi connectivity index (χ2n) is 5.99. The summed E-state index contributed by atoms with van der Waals surface area (Å²) >= 11 is 0. The first-order valence-corrected chi connectivity index (χ1v) is 8.09. The monoisotopic (exact) mass is 350 g/mol. The van der Waals surface area contributed by atoms with Crippen LogP contribution in [0, 0.1) is 12.7 Å². The zero-order valence-electron chi connectivity index (χ0n) is 14.3. The van der Waals surface area contributed by atoms with Crippen molar-refractivity contribution >= 4 is 11.9 Å². The van der Waals surface area contributed by atoms with Crippen molar-refractivity contribution in [3.8, 4) is 22.5 Å². The fraction of sp³-hybridized carbons (Fsp3) is 0.100. The zero-order valence-corrected chi connectivity index (χ0v) is 14.3. The molecule has 1 heterocycles. The molecule has 0 spiro atoms. The van der Waals surface area contributed by atoms with Gasteiger partial charge in [0.25, 0.3) is 5.91 Å². The number of carbonyl (C=O) groups is 1. The van der Waals surface area contributed by atoms with Gasteiger partial charge in [0.05, 0.1) is 0 Å². The van der Waals surface area contributed by atoms with Gasteiger partial charge >= 0.3 is 0 Å². The molecule has 0 fully saturated rings. The van der Waals surface area contributed by atoms with Gasteiger partial charge in [0.2, 0.25) is 0 Å². The third-order valence-corrected chi connectivity index (χ3v) is 4.02. The minimum absolute atomic E-state index is 0.0270. The maximum atomic E-state index is 13.3. The summed E-state index contributed by atoms with van der Waals surface area (Å²) in [6.07, 6.45) is 0. The van der Waals surface area contributed by atoms with Crippen molar-refractivity contribution in [2.24, 2.45) is 16.5 Å². The molecule has 4 N–H and O–H groups in total. The Labute approximate surface area is 150 Å². The summed E-state index contributed by atoms with van der Waals surface area (Å²) < 4.78 is 15.1. The molecule has 0 radical (unpaired) electrons. The standard InChI is InChI=1S/C20H19FN4O/c1-13-2-4-14(5-3-13)17-10-11-18(15-6-8-16(21)9-7-15)25(17)12-19(26)24-20(22)23/h2-11H,12H2,1H3,(H4,22,23,24,26). The minimum atomic E-state index is -0.460. The third kappa shape index (κ3) is 3.80. The van der Waals surface area contributed by atoms with Crippen molar-refractivity contribution in [2.45, 2.75) is 13.5 Å². The van der Waals surface area contributed by atoms with Gasteiger partial charge in [0.15, 0.2) is 5.96 Å². The zero-order chi connectivity index (χ0) is 18.7. The van der Waals surface area contributed by atoms with Crippen LogP contribution in [-0.4, -0.2) is 16.4 Å². The van der Waals surface area contributed by atoms with Crippen molar-refractivity contribution in [3.05, 3.63) is 72.0 Å². The number of hydrogen-bond acceptors (Lipinski definition) is 1. The number of amides is 1. The molecule has 26 heavy (non-hydrogen) atoms. The van der Waals surface area contributed by atoms with Crippen LogP contribution in [-0.2, 0) is 11.3 Å². The van der Waals surface area contributed by atoms with Gasteiger partial charge in [-0.1, -0.05) is 29.8 Å². The Morgan fingerprint density at radius 2 is 1.42 bits per heavy atom. The van der Waals surface area contributed by atoms with Crippen molar-refractivity contribution in [1.29, 1.82) is 0 Å². The second kappa shape index (κ2) is 7.23. The molecule has 0 saturated carbocycles. The average Bonchev–Trinajstić information content (AvgIpc) is 2.99. The molecule has 0 atom stereocenters. The summed E-state index contributed by atoms with van der Waals surface area (Å²) in [5.41, 5.74) is 15.1. The number of guanidine groups is 1. The number of aromatic nitrogens is 1. The first kappa shape index (κ1) is 17.4. The van der Waals surface area contributed by atoms with Crippen LogP contribution in [0.25, 0.3) is 22.5 Å². The van der Waals surface area contributed by atoms with E-state index in [0.29, 0.717) is 0 Å². The Bertz CT molecular complexity index is 889. The Morgan fingerprint density at radius 1 is 0.923 bits per heavy atom. The number of benzene rings is 2. The topological polar surface area (TPSA) is 86.4 Å². The van der Waals surface area contributed by atoms with Crippen LogP contribution in [0.5, 0.6) is 0 Å². The molecule has 1 amide bonds. The molecule has 3 rings (SSSR count). The molecule has 132 valence electrons. The van der Waals surface area contributed by atoms with Crippen LogP contribution in [0.1, 0.15) is 5.56 Å². The van der Waals surface area contributed by atoms with Gasteiger partial charge in [-0.05, 0) is 54.4 Å². The summed E-state index contributed by atoms with van der Waals surface area (Å²) in [5.74, 6) is -1.05. The van der Waals surface area contributed by atoms with Crippen LogP contribution in [0.15, 0.2) is 65.7 Å². The number of aliphatic imine (C=N–C) groups is 1. The van der Waals surface area contributed by atoms with Crippen molar-refractivity contribution in [2.75, 3.05) is 0 Å². The maximum absolute atomic E-state index is 13.3. The Balaban J connectivity index is 2.09. The van der Waals surface area contributed by atoms with Gasteiger partial charge in [-0.3, -0.25) is 4.79 Å². The SMILES string of the molecule is Cc1ccc(-c2ccc(-c3ccc(F)cc3)n2CC(=O)N=C(N)N)cc1. The summed E-state index contributed by atoms with van der Waals surface area (Å²) in [5, 5.41) is 0. The number of halogens is 1. The van der Waals surface area contributed by atoms with E-state index in [0.717, 1.165) is 28.1 Å². The van der Waals surface area contributed by atoms with Gasteiger partial charge < -0.3 is 16.0 Å². The van der Waals surface area contributed by atoms with Crippen LogP contribution >= 0.6 is 0 Å². The van der Waals surface area contributed by atoms with Crippen molar-refractivity contribution in [3.63, 3.8) is 0 Å². The molecule has 5 nitrogen and oxygen atoms in total. The van der Waals surface area contributed by atoms with Crippen LogP contribution in [0.3, 0.4) is 0 Å². The van der Waals surface area contributed by atoms with E-state index < -0.39 is 5.91 Å². The van der Waals surface area contributed by atoms with E-state index in [2.05, 4.69) is 4.99 Å². The quantitative estimate of drug-likeness (QED) is 0.560. The average molecular weight is 350 g/mol. The van der Waals surface area contributed by atoms with Gasteiger partial charge in [-0.2, -0.15) is 4.99 Å². The number of rotatable bonds is 4. The van der Waals surface area contributed by atoms with Gasteiger partial charge in [-0.15, -0.1) is 0 Å². The predicted molar refractivity (Wildman–Crippen MR) is 101 cm³/mol. The number of carbonyl (C=O) groups excluding carboxylic acids is 1. The third-order valence-electron chi connectivity index (χ3n) is 4.02. The Hall–Kier alpha value is -3.41. The van der Waals surface area contributed by atoms with E-state index in [1.165, 1.54) is 12.1 Å². The van der Waals surface area contributed by atoms with Crippen LogP contribution in [0.2, 0.25) is 0 Å². The van der Waals surface area contributed by atoms with E-state index in [1.54, 1.807) is 12.1 Å². The van der Waals surface area contributed by atoms with E-state index in [-0.39, 0.29) is 18.3 Å². The summed E-state index contributed by atoms with van der Waals surface area (Å²) in [7, 11) is 0. The van der Waals surface area contributed by atoms with Crippen LogP contribution < -0.4 is 11.5 Å². The molecule has 6 heteroatoms. The Kier molecular flexibility index (Phi) is 4.84. The van der Waals surface area contributed by atoms with Crippen molar-refractivity contribution < 1.29 is 9.18 Å². The van der Waals surface area contributed by atoms with Gasteiger partial charge in [0.1, 0.15) is 12.4 Å². The molecule has 1 aromatic heterocycles. The van der Waals surface area contributed by atoms with E-state index in [4.69, 9.17) is 11.5 Å². The molecule has 0 aliphatic rings. The lowest BCUT2D eigenvalue weighted by Gasteiger charge is -2.13. The fourth-order valence-corrected chi connectivity index (χ4v) is 2.80. The highest BCUT2D eigenvalue weighted by Gasteiger charge is 2.15. The number of nitrogens with two attached hydrogens (primary N) is 2. The molecule has 0 aliphatic heterocycles. The molecule has 2 aromatic carbocycles. The molecule has 3 aromatic rings. The first-order chi connectivity index (χ1) is 12.4. The molecule has 0 bridgehead atoms. The maximum Gasteiger partial charge on any atom is 0.268 e. The highest BCUT2D eigenvalue weighted by atomic mass is 19.1. The molecule has 0 unspecified atom stereocenters. The molecule has 0 aliphatic carbocycles. The number of nitrogens with zero attached hydrogens (tertiary/aromatic N) is 2. The normalized spacial score (nSPS) is 10.5. The van der Waals surface area contributed by atoms with Crippen molar-refractivity contribution in [1.82, 2.24) is 4.57 Å². The summed E-state index contributed by atoms with van der Waals surface area (Å²) in [4.78, 5) is 15.8. The number of aryl methyl sites for hydroxylation is 1. The molecule has 0 saturated heterocycles. The highest BCUT2D eigenvalue weighted by Crippen LogP contribution is 2.29. The first-order valence-electron chi connectivity index (χ1n) is 8.09. The van der Waals surface area contributed by atoms with E-state index in [1.807, 2.05) is 47.9 Å². The largest absolute Gasteiger partial charge is 0.370 e. The fourth-order valence-electron chi connectivity index (χ4n) is 2.80.